The van der Waals surface area contributed by atoms with Crippen LogP contribution in [0, 0.1) is 0 Å². The lowest BCUT2D eigenvalue weighted by Crippen LogP contribution is -2.20. The first-order valence-corrected chi connectivity index (χ1v) is 7.74. The van der Waals surface area contributed by atoms with E-state index in [0.29, 0.717) is 0 Å². The molecule has 0 aromatic heterocycles. The standard InChI is InChI=1S/C3H11BF2P2S/c1-3(2)9(4,5,6,7)8/h3H,7-8H2,1-2H3. The fraction of sp³-hybridized carbons (Fsp3) is 1.00. The van der Waals surface area contributed by atoms with Crippen LogP contribution in [0.2, 0.25) is 0 Å². The summed E-state index contributed by atoms with van der Waals surface area (Å²) in [6.07, 6.45) is 0. The summed E-state index contributed by atoms with van der Waals surface area (Å²) in [5, 5.41) is -0.819. The first-order chi connectivity index (χ1) is 3.43. The minimum Gasteiger partial charge on any atom is -0.185 e. The van der Waals surface area contributed by atoms with Crippen molar-refractivity contribution in [2.24, 2.45) is 0 Å². The Bertz CT molecular complexity index is 123. The van der Waals surface area contributed by atoms with Crippen LogP contribution in [0.4, 0.5) is 7.77 Å². The molecule has 0 rings (SSSR count). The van der Waals surface area contributed by atoms with E-state index in [4.69, 9.17) is 7.12 Å². The number of rotatable bonds is 1. The Hall–Kier alpha value is 1.13. The molecule has 0 spiro atoms. The Balaban J connectivity index is 4.76. The van der Waals surface area contributed by atoms with E-state index in [1.165, 1.54) is 30.7 Å². The molecule has 56 valence electrons. The van der Waals surface area contributed by atoms with Crippen LogP contribution >= 0.6 is 25.0 Å². The van der Waals surface area contributed by atoms with Gasteiger partial charge < -0.3 is 0 Å². The summed E-state index contributed by atoms with van der Waals surface area (Å²) < 4.78 is 26.1. The minimum atomic E-state index is -5.28. The molecule has 0 fully saturated rings. The Morgan fingerprint density at radius 3 is 1.44 bits per heavy atom. The summed E-state index contributed by atoms with van der Waals surface area (Å²) in [6, 6.07) is 0. The minimum absolute atomic E-state index is 0.819. The first kappa shape index (κ1) is 10.1. The second kappa shape index (κ2) is 1.65. The van der Waals surface area contributed by atoms with E-state index in [1.807, 2.05) is 0 Å². The van der Waals surface area contributed by atoms with Crippen LogP contribution < -0.4 is 0 Å². The van der Waals surface area contributed by atoms with Gasteiger partial charge in [0, 0.05) is 5.25 Å². The molecule has 0 aromatic carbocycles. The molecule has 0 aliphatic heterocycles. The summed E-state index contributed by atoms with van der Waals surface area (Å²) in [5.74, 6) is 0. The van der Waals surface area contributed by atoms with Crippen LogP contribution in [0.1, 0.15) is 13.8 Å². The third-order valence-electron chi connectivity index (χ3n) is 1.17. The van der Waals surface area contributed by atoms with Crippen molar-refractivity contribution in [1.29, 1.82) is 0 Å². The van der Waals surface area contributed by atoms with Gasteiger partial charge >= 0.3 is 0 Å². The highest BCUT2D eigenvalue weighted by Gasteiger charge is 2.49. The van der Waals surface area contributed by atoms with Crippen LogP contribution in [-0.4, -0.2) is 12.4 Å². The van der Waals surface area contributed by atoms with Crippen molar-refractivity contribution in [2.75, 3.05) is 0 Å². The van der Waals surface area contributed by atoms with Gasteiger partial charge in [-0.3, -0.25) is 0 Å². The lowest BCUT2D eigenvalue weighted by Gasteiger charge is -2.59. The maximum Gasteiger partial charge on any atom is 0.204 e. The van der Waals surface area contributed by atoms with Crippen LogP contribution in [-0.2, 0) is 0 Å². The predicted molar refractivity (Wildman–Crippen MR) is 50.1 cm³/mol. The fourth-order valence-corrected chi connectivity index (χ4v) is 0. The molecular formula is C3H11BF2P2S. The van der Waals surface area contributed by atoms with Gasteiger partial charge in [-0.05, 0) is 0 Å². The van der Waals surface area contributed by atoms with E-state index in [1.54, 1.807) is 0 Å². The van der Waals surface area contributed by atoms with Crippen LogP contribution in [0.15, 0.2) is 0 Å². The molecule has 2 unspecified atom stereocenters. The van der Waals surface area contributed by atoms with E-state index in [0.717, 1.165) is 0 Å². The smallest absolute Gasteiger partial charge is 0.185 e. The zero-order valence-corrected chi connectivity index (χ0v) is 8.60. The van der Waals surface area contributed by atoms with Gasteiger partial charge in [-0.1, -0.05) is 38.9 Å². The highest BCUT2D eigenvalue weighted by atomic mass is 33.2. The van der Waals surface area contributed by atoms with Crippen molar-refractivity contribution in [3.63, 3.8) is 0 Å². The fourth-order valence-electron chi connectivity index (χ4n) is 0. The quantitative estimate of drug-likeness (QED) is 0.440. The zero-order valence-electron chi connectivity index (χ0n) is 5.47. The molecule has 0 aromatic rings. The number of halogens is 2. The van der Waals surface area contributed by atoms with Gasteiger partial charge in [0.1, 0.15) is 0 Å². The molecule has 9 heavy (non-hydrogen) atoms. The molecule has 2 radical (unpaired) electrons. The molecule has 0 bridgehead atoms. The summed E-state index contributed by atoms with van der Waals surface area (Å²) >= 11 is 0. The maximum atomic E-state index is 13.0. The highest BCUT2D eigenvalue weighted by Crippen LogP contribution is 3.03. The number of hydrogen-bond acceptors (Lipinski definition) is 0. The second-order valence-electron chi connectivity index (χ2n) is 2.64. The van der Waals surface area contributed by atoms with E-state index in [9.17, 15) is 7.77 Å². The lowest BCUT2D eigenvalue weighted by molar-refractivity contribution is 0.726. The lowest BCUT2D eigenvalue weighted by atomic mass is 10.6. The van der Waals surface area contributed by atoms with Crippen LogP contribution in [0.5, 0.6) is 0 Å². The Kier molecular flexibility index (Phi) is 1.86. The van der Waals surface area contributed by atoms with Gasteiger partial charge in [-0.2, -0.15) is 7.77 Å². The molecule has 0 nitrogen and oxygen atoms in total. The molecule has 0 heterocycles. The average Bonchev–Trinajstić information content (AvgIpc) is 1.24. The maximum absolute atomic E-state index is 13.0. The summed E-state index contributed by atoms with van der Waals surface area (Å²) in [5.41, 5.74) is 0. The molecule has 6 heteroatoms. The molecular weight excluding hydrogens is 179 g/mol. The van der Waals surface area contributed by atoms with Crippen molar-refractivity contribution >= 4 is 32.2 Å². The second-order valence-corrected chi connectivity index (χ2v) is 15.4. The largest absolute Gasteiger partial charge is 0.204 e. The molecule has 2 atom stereocenters. The van der Waals surface area contributed by atoms with Gasteiger partial charge in [0.05, 0.1) is 0 Å². The Morgan fingerprint density at radius 2 is 1.44 bits per heavy atom. The molecule has 0 saturated carbocycles. The Morgan fingerprint density at radius 1 is 1.33 bits per heavy atom. The Labute approximate surface area is 59.6 Å². The van der Waals surface area contributed by atoms with Crippen LogP contribution in [0.25, 0.3) is 0 Å². The van der Waals surface area contributed by atoms with E-state index >= 15 is 0 Å². The normalized spacial score (nSPS) is 21.2. The third kappa shape index (κ3) is 3.75. The van der Waals surface area contributed by atoms with Gasteiger partial charge in [0.2, 0.25) is 7.12 Å². The van der Waals surface area contributed by atoms with Gasteiger partial charge in [-0.25, -0.2) is 0 Å². The number of hydrogen-bond donors (Lipinski definition) is 0. The first-order valence-electron chi connectivity index (χ1n) is 2.41. The van der Waals surface area contributed by atoms with Crippen molar-refractivity contribution in [3.8, 4) is 0 Å². The average molecular weight is 190 g/mol. The van der Waals surface area contributed by atoms with E-state index in [-0.39, 0.29) is 0 Å². The van der Waals surface area contributed by atoms with Crippen molar-refractivity contribution in [3.05, 3.63) is 0 Å². The third-order valence-corrected chi connectivity index (χ3v) is 6.78. The van der Waals surface area contributed by atoms with Gasteiger partial charge in [-0.15, -0.1) is 0 Å². The molecule has 0 N–H and O–H groups in total. The molecule has 0 aliphatic carbocycles. The zero-order chi connectivity index (χ0) is 7.99. The topological polar surface area (TPSA) is 0 Å². The van der Waals surface area contributed by atoms with Gasteiger partial charge in [0.15, 0.2) is 0 Å². The SMILES string of the molecule is [B]S(F)(F)(P)(P)C(C)C. The highest BCUT2D eigenvalue weighted by molar-refractivity contribution is 9.18. The summed E-state index contributed by atoms with van der Waals surface area (Å²) in [4.78, 5) is 0. The van der Waals surface area contributed by atoms with Crippen LogP contribution in [0.3, 0.4) is 0 Å². The molecule has 0 aliphatic rings. The van der Waals surface area contributed by atoms with E-state index in [2.05, 4.69) is 0 Å². The van der Waals surface area contributed by atoms with E-state index < -0.39 is 13.4 Å². The monoisotopic (exact) mass is 190 g/mol. The molecule has 0 amide bonds. The van der Waals surface area contributed by atoms with Crippen molar-refractivity contribution < 1.29 is 7.77 Å². The van der Waals surface area contributed by atoms with Gasteiger partial charge in [0.25, 0.3) is 0 Å². The van der Waals surface area contributed by atoms with Crippen molar-refractivity contribution in [1.82, 2.24) is 0 Å². The summed E-state index contributed by atoms with van der Waals surface area (Å²) in [7, 11) is 2.54. The molecule has 0 saturated heterocycles. The predicted octanol–water partition coefficient (Wildman–Crippen LogP) is 2.70. The van der Waals surface area contributed by atoms with Crippen molar-refractivity contribution in [2.45, 2.75) is 19.1 Å². The summed E-state index contributed by atoms with van der Waals surface area (Å²) in [6.45, 7) is 2.81.